The Bertz CT molecular complexity index is 1130. The fraction of sp³-hybridized carbons (Fsp3) is 0.0476. The molecule has 0 unspecified atom stereocenters. The lowest BCUT2D eigenvalue weighted by atomic mass is 10.1. The quantitative estimate of drug-likeness (QED) is 0.334. The minimum absolute atomic E-state index is 0.0843. The molecule has 0 aliphatic carbocycles. The van der Waals surface area contributed by atoms with Crippen LogP contribution in [0.4, 0.5) is 0 Å². The normalized spacial score (nSPS) is 11.0. The molecule has 0 heterocycles. The summed E-state index contributed by atoms with van der Waals surface area (Å²) < 4.78 is 28.2. The van der Waals surface area contributed by atoms with Gasteiger partial charge in [0.05, 0.1) is 4.90 Å². The van der Waals surface area contributed by atoms with Gasteiger partial charge in [0.15, 0.2) is 0 Å². The van der Waals surface area contributed by atoms with Gasteiger partial charge in [-0.3, -0.25) is 20.4 Å². The fourth-order valence-corrected chi connectivity index (χ4v) is 3.87. The molecule has 0 saturated carbocycles. The van der Waals surface area contributed by atoms with Crippen molar-refractivity contribution in [1.82, 2.24) is 15.6 Å². The SMILES string of the molecule is O=C(NNC(=O)c1ccc(CNS(=O)(=O)c2ccc(I)cc2)cc1)c1ccccc1. The van der Waals surface area contributed by atoms with Crippen LogP contribution >= 0.6 is 22.6 Å². The van der Waals surface area contributed by atoms with Crippen LogP contribution in [0.25, 0.3) is 0 Å². The number of hydrogen-bond acceptors (Lipinski definition) is 4. The van der Waals surface area contributed by atoms with Gasteiger partial charge in [0, 0.05) is 21.2 Å². The number of hydrazine groups is 1. The molecule has 0 aliphatic heterocycles. The highest BCUT2D eigenvalue weighted by Gasteiger charge is 2.14. The van der Waals surface area contributed by atoms with Crippen LogP contribution in [0.5, 0.6) is 0 Å². The molecule has 0 atom stereocenters. The second-order valence-electron chi connectivity index (χ2n) is 6.25. The van der Waals surface area contributed by atoms with Crippen LogP contribution in [0.1, 0.15) is 26.3 Å². The van der Waals surface area contributed by atoms with E-state index < -0.39 is 21.8 Å². The van der Waals surface area contributed by atoms with Gasteiger partial charge in [-0.1, -0.05) is 30.3 Å². The Morgan fingerprint density at radius 3 is 1.83 bits per heavy atom. The van der Waals surface area contributed by atoms with Crippen molar-refractivity contribution >= 4 is 44.4 Å². The zero-order valence-corrected chi connectivity index (χ0v) is 18.6. The first-order chi connectivity index (χ1) is 14.3. The number of carbonyl (C=O) groups is 2. The van der Waals surface area contributed by atoms with Crippen LogP contribution in [0.2, 0.25) is 0 Å². The first-order valence-electron chi connectivity index (χ1n) is 8.85. The summed E-state index contributed by atoms with van der Waals surface area (Å²) in [5.41, 5.74) is 6.14. The molecule has 0 bridgehead atoms. The standard InChI is InChI=1S/C21H18IN3O4S/c22-18-10-12-19(13-11-18)30(28,29)23-14-15-6-8-17(9-7-15)21(27)25-24-20(26)16-4-2-1-3-5-16/h1-13,23H,14H2,(H,24,26)(H,25,27). The van der Waals surface area contributed by atoms with E-state index in [1.54, 1.807) is 78.9 Å². The summed E-state index contributed by atoms with van der Waals surface area (Å²) in [4.78, 5) is 24.3. The van der Waals surface area contributed by atoms with Crippen LogP contribution in [0.15, 0.2) is 83.8 Å². The molecule has 30 heavy (non-hydrogen) atoms. The van der Waals surface area contributed by atoms with E-state index in [-0.39, 0.29) is 11.4 Å². The second kappa shape index (κ2) is 9.83. The van der Waals surface area contributed by atoms with Gasteiger partial charge in [-0.15, -0.1) is 0 Å². The maximum absolute atomic E-state index is 12.3. The van der Waals surface area contributed by atoms with Crippen molar-refractivity contribution in [2.45, 2.75) is 11.4 Å². The molecule has 3 N–H and O–H groups in total. The van der Waals surface area contributed by atoms with Crippen LogP contribution in [0.3, 0.4) is 0 Å². The summed E-state index contributed by atoms with van der Waals surface area (Å²) >= 11 is 2.10. The van der Waals surface area contributed by atoms with Gasteiger partial charge in [0.1, 0.15) is 0 Å². The Hall–Kier alpha value is -2.76. The maximum Gasteiger partial charge on any atom is 0.269 e. The van der Waals surface area contributed by atoms with Crippen molar-refractivity contribution in [3.8, 4) is 0 Å². The minimum atomic E-state index is -3.63. The highest BCUT2D eigenvalue weighted by Crippen LogP contribution is 2.13. The molecule has 0 radical (unpaired) electrons. The van der Waals surface area contributed by atoms with Gasteiger partial charge < -0.3 is 0 Å². The lowest BCUT2D eigenvalue weighted by Gasteiger charge is -2.09. The fourth-order valence-electron chi connectivity index (χ4n) is 2.50. The minimum Gasteiger partial charge on any atom is -0.267 e. The third-order valence-electron chi connectivity index (χ3n) is 4.13. The first kappa shape index (κ1) is 21.9. The van der Waals surface area contributed by atoms with E-state index in [0.717, 1.165) is 3.57 Å². The summed E-state index contributed by atoms with van der Waals surface area (Å²) in [5, 5.41) is 0. The molecule has 0 aromatic heterocycles. The monoisotopic (exact) mass is 535 g/mol. The third kappa shape index (κ3) is 5.88. The predicted octanol–water partition coefficient (Wildman–Crippen LogP) is 2.84. The lowest BCUT2D eigenvalue weighted by Crippen LogP contribution is -2.41. The van der Waals surface area contributed by atoms with Gasteiger partial charge in [-0.05, 0) is 76.7 Å². The number of carbonyl (C=O) groups excluding carboxylic acids is 2. The number of rotatable bonds is 6. The van der Waals surface area contributed by atoms with Crippen LogP contribution in [0, 0.1) is 3.57 Å². The molecular formula is C21H18IN3O4S. The summed E-state index contributed by atoms with van der Waals surface area (Å²) in [7, 11) is -3.63. The van der Waals surface area contributed by atoms with E-state index in [1.807, 2.05) is 0 Å². The van der Waals surface area contributed by atoms with Crippen molar-refractivity contribution < 1.29 is 18.0 Å². The molecule has 0 fully saturated rings. The lowest BCUT2D eigenvalue weighted by molar-refractivity contribution is 0.0846. The Morgan fingerprint density at radius 1 is 0.733 bits per heavy atom. The number of halogens is 1. The zero-order chi connectivity index (χ0) is 21.6. The van der Waals surface area contributed by atoms with E-state index >= 15 is 0 Å². The van der Waals surface area contributed by atoms with Crippen molar-refractivity contribution in [2.24, 2.45) is 0 Å². The highest BCUT2D eigenvalue weighted by atomic mass is 127. The van der Waals surface area contributed by atoms with Gasteiger partial charge in [0.2, 0.25) is 10.0 Å². The molecule has 9 heteroatoms. The van der Waals surface area contributed by atoms with E-state index in [9.17, 15) is 18.0 Å². The average molecular weight is 535 g/mol. The van der Waals surface area contributed by atoms with Crippen LogP contribution in [-0.4, -0.2) is 20.2 Å². The first-order valence-corrected chi connectivity index (χ1v) is 11.4. The molecule has 0 saturated heterocycles. The molecule has 3 aromatic carbocycles. The topological polar surface area (TPSA) is 104 Å². The molecule has 0 spiro atoms. The van der Waals surface area contributed by atoms with Crippen molar-refractivity contribution in [1.29, 1.82) is 0 Å². The van der Waals surface area contributed by atoms with Crippen molar-refractivity contribution in [3.05, 3.63) is 99.1 Å². The van der Waals surface area contributed by atoms with E-state index in [4.69, 9.17) is 0 Å². The van der Waals surface area contributed by atoms with Crippen LogP contribution < -0.4 is 15.6 Å². The van der Waals surface area contributed by atoms with Crippen molar-refractivity contribution in [3.63, 3.8) is 0 Å². The average Bonchev–Trinajstić information content (AvgIpc) is 2.77. The smallest absolute Gasteiger partial charge is 0.267 e. The number of hydrogen-bond donors (Lipinski definition) is 3. The molecule has 2 amide bonds. The van der Waals surface area contributed by atoms with Crippen LogP contribution in [-0.2, 0) is 16.6 Å². The van der Waals surface area contributed by atoms with Gasteiger partial charge in [0.25, 0.3) is 11.8 Å². The molecular weight excluding hydrogens is 517 g/mol. The van der Waals surface area contributed by atoms with Gasteiger partial charge >= 0.3 is 0 Å². The second-order valence-corrected chi connectivity index (χ2v) is 9.26. The Morgan fingerprint density at radius 2 is 1.27 bits per heavy atom. The van der Waals surface area contributed by atoms with Crippen molar-refractivity contribution in [2.75, 3.05) is 0 Å². The number of sulfonamides is 1. The molecule has 3 aromatic rings. The molecule has 0 aliphatic rings. The number of benzene rings is 3. The number of amides is 2. The van der Waals surface area contributed by atoms with Gasteiger partial charge in [-0.25, -0.2) is 13.1 Å². The summed E-state index contributed by atoms with van der Waals surface area (Å²) in [6, 6.07) is 21.4. The summed E-state index contributed by atoms with van der Waals surface area (Å²) in [5.74, 6) is -0.907. The Labute approximate surface area is 188 Å². The highest BCUT2D eigenvalue weighted by molar-refractivity contribution is 14.1. The largest absolute Gasteiger partial charge is 0.269 e. The molecule has 3 rings (SSSR count). The van der Waals surface area contributed by atoms with E-state index in [0.29, 0.717) is 16.7 Å². The maximum atomic E-state index is 12.3. The molecule has 154 valence electrons. The van der Waals surface area contributed by atoms with Gasteiger partial charge in [-0.2, -0.15) is 0 Å². The summed E-state index contributed by atoms with van der Waals surface area (Å²) in [6.07, 6.45) is 0. The van der Waals surface area contributed by atoms with E-state index in [2.05, 4.69) is 38.2 Å². The number of nitrogens with one attached hydrogen (secondary N) is 3. The molecule has 7 nitrogen and oxygen atoms in total. The Balaban J connectivity index is 1.54. The predicted molar refractivity (Wildman–Crippen MR) is 121 cm³/mol. The zero-order valence-electron chi connectivity index (χ0n) is 15.6. The third-order valence-corrected chi connectivity index (χ3v) is 6.27. The summed E-state index contributed by atoms with van der Waals surface area (Å²) in [6.45, 7) is 0.0843. The van der Waals surface area contributed by atoms with E-state index in [1.165, 1.54) is 0 Å². The Kier molecular flexibility index (Phi) is 7.19.